The Labute approximate surface area is 159 Å². The SMILES string of the molecule is CC(=O)C(/C(=C/C(=O)c1ccccc1)c1ccccc1)=C1\NC(C)(C)CO1. The molecule has 138 valence electrons. The molecule has 2 aromatic rings. The molecule has 1 heterocycles. The maximum Gasteiger partial charge on any atom is 0.199 e. The van der Waals surface area contributed by atoms with Crippen molar-refractivity contribution in [1.29, 1.82) is 0 Å². The summed E-state index contributed by atoms with van der Waals surface area (Å²) < 4.78 is 5.78. The average molecular weight is 361 g/mol. The van der Waals surface area contributed by atoms with Crippen LogP contribution in [0.25, 0.3) is 5.57 Å². The summed E-state index contributed by atoms with van der Waals surface area (Å²) in [5, 5.41) is 3.26. The quantitative estimate of drug-likeness (QED) is 0.642. The van der Waals surface area contributed by atoms with Crippen molar-refractivity contribution in [2.45, 2.75) is 26.3 Å². The molecule has 1 aliphatic rings. The Morgan fingerprint density at radius 1 is 0.963 bits per heavy atom. The highest BCUT2D eigenvalue weighted by Gasteiger charge is 2.32. The number of ether oxygens (including phenoxy) is 1. The molecule has 27 heavy (non-hydrogen) atoms. The first-order valence-corrected chi connectivity index (χ1v) is 8.90. The van der Waals surface area contributed by atoms with E-state index in [1.807, 2.05) is 62.4 Å². The summed E-state index contributed by atoms with van der Waals surface area (Å²) in [7, 11) is 0. The first kappa shape index (κ1) is 18.6. The number of ketones is 2. The summed E-state index contributed by atoms with van der Waals surface area (Å²) in [5.41, 5.74) is 2.02. The van der Waals surface area contributed by atoms with Crippen LogP contribution in [-0.2, 0) is 9.53 Å². The van der Waals surface area contributed by atoms with Crippen molar-refractivity contribution in [3.8, 4) is 0 Å². The normalized spacial score (nSPS) is 17.7. The van der Waals surface area contributed by atoms with E-state index >= 15 is 0 Å². The zero-order valence-corrected chi connectivity index (χ0v) is 15.8. The summed E-state index contributed by atoms with van der Waals surface area (Å²) in [4.78, 5) is 25.4. The maximum atomic E-state index is 12.8. The first-order valence-electron chi connectivity index (χ1n) is 8.90. The minimum Gasteiger partial charge on any atom is -0.476 e. The van der Waals surface area contributed by atoms with Gasteiger partial charge in [-0.3, -0.25) is 9.59 Å². The minimum atomic E-state index is -0.277. The fourth-order valence-electron chi connectivity index (χ4n) is 2.97. The standard InChI is InChI=1S/C23H23NO3/c1-16(25)21(22-24-23(2,3)15-27-22)19(17-10-6-4-7-11-17)14-20(26)18-12-8-5-9-13-18/h4-14,24H,15H2,1-3H3/b19-14+,22-21-. The van der Waals surface area contributed by atoms with E-state index in [1.165, 1.54) is 13.0 Å². The third-order valence-electron chi connectivity index (χ3n) is 4.30. The fraction of sp³-hybridized carbons (Fsp3) is 0.217. The van der Waals surface area contributed by atoms with Crippen molar-refractivity contribution in [2.75, 3.05) is 6.61 Å². The molecule has 4 nitrogen and oxygen atoms in total. The van der Waals surface area contributed by atoms with Crippen LogP contribution in [0.2, 0.25) is 0 Å². The van der Waals surface area contributed by atoms with Crippen molar-refractivity contribution in [3.63, 3.8) is 0 Å². The predicted octanol–water partition coefficient (Wildman–Crippen LogP) is 4.15. The highest BCUT2D eigenvalue weighted by Crippen LogP contribution is 2.30. The Balaban J connectivity index is 2.15. The van der Waals surface area contributed by atoms with Crippen LogP contribution in [0.3, 0.4) is 0 Å². The minimum absolute atomic E-state index is 0.161. The summed E-state index contributed by atoms with van der Waals surface area (Å²) in [5.74, 6) is 0.0979. The Morgan fingerprint density at radius 3 is 2.00 bits per heavy atom. The van der Waals surface area contributed by atoms with E-state index in [4.69, 9.17) is 4.74 Å². The van der Waals surface area contributed by atoms with Crippen LogP contribution >= 0.6 is 0 Å². The number of hydrogen-bond acceptors (Lipinski definition) is 4. The highest BCUT2D eigenvalue weighted by atomic mass is 16.5. The number of carbonyl (C=O) groups excluding carboxylic acids is 2. The van der Waals surface area contributed by atoms with E-state index in [9.17, 15) is 9.59 Å². The van der Waals surface area contributed by atoms with Crippen molar-refractivity contribution in [2.24, 2.45) is 0 Å². The van der Waals surface area contributed by atoms with Crippen molar-refractivity contribution < 1.29 is 14.3 Å². The van der Waals surface area contributed by atoms with Gasteiger partial charge in [-0.25, -0.2) is 0 Å². The van der Waals surface area contributed by atoms with Crippen LogP contribution in [0, 0.1) is 0 Å². The summed E-state index contributed by atoms with van der Waals surface area (Å²) in [6, 6.07) is 18.4. The Kier molecular flexibility index (Phi) is 5.26. The molecule has 0 radical (unpaired) electrons. The number of rotatable bonds is 5. The average Bonchev–Trinajstić information content (AvgIpc) is 3.01. The smallest absolute Gasteiger partial charge is 0.199 e. The molecule has 2 aromatic carbocycles. The number of nitrogens with one attached hydrogen (secondary N) is 1. The van der Waals surface area contributed by atoms with Crippen molar-refractivity contribution in [3.05, 3.63) is 89.3 Å². The van der Waals surface area contributed by atoms with Crippen molar-refractivity contribution in [1.82, 2.24) is 5.32 Å². The lowest BCUT2D eigenvalue weighted by Crippen LogP contribution is -2.34. The Hall–Kier alpha value is -3.14. The monoisotopic (exact) mass is 361 g/mol. The second kappa shape index (κ2) is 7.62. The maximum absolute atomic E-state index is 12.8. The van der Waals surface area contributed by atoms with E-state index in [-0.39, 0.29) is 17.1 Å². The molecule has 1 saturated heterocycles. The number of hydrogen-bond donors (Lipinski definition) is 1. The summed E-state index contributed by atoms with van der Waals surface area (Å²) in [6.07, 6.45) is 1.52. The van der Waals surface area contributed by atoms with Gasteiger partial charge < -0.3 is 10.1 Å². The van der Waals surface area contributed by atoms with Gasteiger partial charge >= 0.3 is 0 Å². The molecule has 0 amide bonds. The van der Waals surface area contributed by atoms with Gasteiger partial charge in [0.2, 0.25) is 0 Å². The van der Waals surface area contributed by atoms with Crippen LogP contribution in [0.4, 0.5) is 0 Å². The van der Waals surface area contributed by atoms with E-state index in [0.717, 1.165) is 5.56 Å². The molecular weight excluding hydrogens is 338 g/mol. The number of Topliss-reactive ketones (excluding diaryl/α,β-unsaturated/α-hetero) is 1. The lowest BCUT2D eigenvalue weighted by molar-refractivity contribution is -0.113. The number of benzene rings is 2. The van der Waals surface area contributed by atoms with Gasteiger partial charge in [-0.2, -0.15) is 0 Å². The van der Waals surface area contributed by atoms with Crippen molar-refractivity contribution >= 4 is 17.1 Å². The van der Waals surface area contributed by atoms with Gasteiger partial charge in [-0.15, -0.1) is 0 Å². The topological polar surface area (TPSA) is 55.4 Å². The molecule has 0 aromatic heterocycles. The molecule has 0 bridgehead atoms. The van der Waals surface area contributed by atoms with E-state index < -0.39 is 0 Å². The van der Waals surface area contributed by atoms with E-state index in [1.54, 1.807) is 12.1 Å². The number of allylic oxidation sites excluding steroid dienone is 3. The van der Waals surface area contributed by atoms with Crippen LogP contribution in [0.15, 0.2) is 78.2 Å². The van der Waals surface area contributed by atoms with E-state index in [0.29, 0.717) is 29.2 Å². The van der Waals surface area contributed by atoms with Gasteiger partial charge in [0, 0.05) is 11.1 Å². The van der Waals surface area contributed by atoms with Gasteiger partial charge in [0.15, 0.2) is 17.4 Å². The molecule has 0 aliphatic carbocycles. The van der Waals surface area contributed by atoms with Crippen LogP contribution in [0.5, 0.6) is 0 Å². The molecule has 1 aliphatic heterocycles. The zero-order chi connectivity index (χ0) is 19.4. The lowest BCUT2D eigenvalue weighted by Gasteiger charge is -2.16. The molecule has 0 saturated carbocycles. The third-order valence-corrected chi connectivity index (χ3v) is 4.30. The lowest BCUT2D eigenvalue weighted by atomic mass is 9.93. The first-order chi connectivity index (χ1) is 12.9. The van der Waals surface area contributed by atoms with Gasteiger partial charge in [0.1, 0.15) is 6.61 Å². The Bertz CT molecular complexity index is 909. The third kappa shape index (κ3) is 4.34. The largest absolute Gasteiger partial charge is 0.476 e. The highest BCUT2D eigenvalue weighted by molar-refractivity contribution is 6.17. The van der Waals surface area contributed by atoms with E-state index in [2.05, 4.69) is 5.32 Å². The molecule has 0 unspecified atom stereocenters. The van der Waals surface area contributed by atoms with Crippen LogP contribution < -0.4 is 5.32 Å². The molecule has 1 fully saturated rings. The zero-order valence-electron chi connectivity index (χ0n) is 15.8. The predicted molar refractivity (Wildman–Crippen MR) is 106 cm³/mol. The molecule has 0 spiro atoms. The second-order valence-electron chi connectivity index (χ2n) is 7.21. The summed E-state index contributed by atoms with van der Waals surface area (Å²) >= 11 is 0. The summed E-state index contributed by atoms with van der Waals surface area (Å²) in [6.45, 7) is 5.94. The van der Waals surface area contributed by atoms with Crippen LogP contribution in [-0.4, -0.2) is 23.7 Å². The molecule has 4 heteroatoms. The van der Waals surface area contributed by atoms with Gasteiger partial charge in [0.05, 0.1) is 11.1 Å². The molecule has 3 rings (SSSR count). The molecular formula is C23H23NO3. The fourth-order valence-corrected chi connectivity index (χ4v) is 2.97. The van der Waals surface area contributed by atoms with Gasteiger partial charge in [-0.1, -0.05) is 60.7 Å². The number of carbonyl (C=O) groups is 2. The van der Waals surface area contributed by atoms with Crippen LogP contribution in [0.1, 0.15) is 36.7 Å². The molecule has 1 N–H and O–H groups in total. The second-order valence-corrected chi connectivity index (χ2v) is 7.21. The Morgan fingerprint density at radius 2 is 1.52 bits per heavy atom. The van der Waals surface area contributed by atoms with Gasteiger partial charge in [-0.05, 0) is 32.4 Å². The molecule has 0 atom stereocenters. The van der Waals surface area contributed by atoms with Gasteiger partial charge in [0.25, 0.3) is 0 Å².